The van der Waals surface area contributed by atoms with Gasteiger partial charge in [-0.25, -0.2) is 0 Å². The van der Waals surface area contributed by atoms with Gasteiger partial charge in [0.1, 0.15) is 0 Å². The SMILES string of the molecule is OCC1(CO)CC1C1CCCCC1. The van der Waals surface area contributed by atoms with Gasteiger partial charge in [0.25, 0.3) is 0 Å². The monoisotopic (exact) mass is 184 g/mol. The van der Waals surface area contributed by atoms with Gasteiger partial charge in [-0.2, -0.15) is 0 Å². The number of aliphatic hydroxyl groups excluding tert-OH is 2. The van der Waals surface area contributed by atoms with Crippen LogP contribution >= 0.6 is 0 Å². The van der Waals surface area contributed by atoms with Crippen molar-refractivity contribution in [1.29, 1.82) is 0 Å². The average Bonchev–Trinajstić information content (AvgIpc) is 2.95. The van der Waals surface area contributed by atoms with E-state index < -0.39 is 0 Å². The second kappa shape index (κ2) is 3.58. The lowest BCUT2D eigenvalue weighted by atomic mass is 9.83. The molecule has 2 nitrogen and oxygen atoms in total. The Labute approximate surface area is 80.0 Å². The smallest absolute Gasteiger partial charge is 0.0512 e. The summed E-state index contributed by atoms with van der Waals surface area (Å²) in [6.07, 6.45) is 7.81. The van der Waals surface area contributed by atoms with Crippen molar-refractivity contribution in [3.05, 3.63) is 0 Å². The second-order valence-electron chi connectivity index (χ2n) is 4.89. The highest BCUT2D eigenvalue weighted by Crippen LogP contribution is 2.58. The van der Waals surface area contributed by atoms with Crippen LogP contribution in [0.25, 0.3) is 0 Å². The summed E-state index contributed by atoms with van der Waals surface area (Å²) in [5.74, 6) is 1.43. The Bertz CT molecular complexity index is 169. The van der Waals surface area contributed by atoms with E-state index in [2.05, 4.69) is 0 Å². The van der Waals surface area contributed by atoms with Gasteiger partial charge in [0, 0.05) is 5.41 Å². The molecule has 0 radical (unpaired) electrons. The maximum Gasteiger partial charge on any atom is 0.0512 e. The van der Waals surface area contributed by atoms with Crippen LogP contribution in [0.1, 0.15) is 38.5 Å². The van der Waals surface area contributed by atoms with E-state index in [1.54, 1.807) is 0 Å². The Morgan fingerprint density at radius 2 is 1.62 bits per heavy atom. The van der Waals surface area contributed by atoms with E-state index in [0.717, 1.165) is 12.3 Å². The summed E-state index contributed by atoms with van der Waals surface area (Å²) in [5, 5.41) is 18.4. The van der Waals surface area contributed by atoms with Crippen molar-refractivity contribution in [2.75, 3.05) is 13.2 Å². The summed E-state index contributed by atoms with van der Waals surface area (Å²) < 4.78 is 0. The highest BCUT2D eigenvalue weighted by molar-refractivity contribution is 5.04. The van der Waals surface area contributed by atoms with E-state index in [9.17, 15) is 10.2 Å². The zero-order chi connectivity index (χ0) is 9.31. The van der Waals surface area contributed by atoms with Crippen LogP contribution in [-0.2, 0) is 0 Å². The predicted molar refractivity (Wildman–Crippen MR) is 51.3 cm³/mol. The van der Waals surface area contributed by atoms with Crippen molar-refractivity contribution >= 4 is 0 Å². The molecule has 1 atom stereocenters. The number of aliphatic hydroxyl groups is 2. The fraction of sp³-hybridized carbons (Fsp3) is 1.00. The first-order valence-corrected chi connectivity index (χ1v) is 5.54. The van der Waals surface area contributed by atoms with Crippen molar-refractivity contribution in [2.24, 2.45) is 17.3 Å². The van der Waals surface area contributed by atoms with E-state index in [0.29, 0.717) is 5.92 Å². The van der Waals surface area contributed by atoms with Crippen LogP contribution in [0.3, 0.4) is 0 Å². The molecule has 0 saturated heterocycles. The minimum absolute atomic E-state index is 0.0813. The van der Waals surface area contributed by atoms with Crippen LogP contribution in [-0.4, -0.2) is 23.4 Å². The molecule has 2 fully saturated rings. The maximum absolute atomic E-state index is 9.20. The molecule has 0 aromatic rings. The summed E-state index contributed by atoms with van der Waals surface area (Å²) in [7, 11) is 0. The fourth-order valence-corrected chi connectivity index (χ4v) is 3.00. The molecule has 1 unspecified atom stereocenters. The standard InChI is InChI=1S/C11H20O2/c12-7-11(8-13)6-10(11)9-4-2-1-3-5-9/h9-10,12-13H,1-8H2. The van der Waals surface area contributed by atoms with Gasteiger partial charge < -0.3 is 10.2 Å². The Morgan fingerprint density at radius 3 is 2.08 bits per heavy atom. The third-order valence-corrected chi connectivity index (χ3v) is 4.10. The Balaban J connectivity index is 1.89. The van der Waals surface area contributed by atoms with Gasteiger partial charge in [0.05, 0.1) is 13.2 Å². The molecule has 2 saturated carbocycles. The summed E-state index contributed by atoms with van der Waals surface area (Å²) in [6.45, 7) is 0.370. The molecular weight excluding hydrogens is 164 g/mol. The van der Waals surface area contributed by atoms with Gasteiger partial charge >= 0.3 is 0 Å². The fourth-order valence-electron chi connectivity index (χ4n) is 3.00. The number of rotatable bonds is 3. The highest BCUT2D eigenvalue weighted by atomic mass is 16.3. The van der Waals surface area contributed by atoms with Crippen LogP contribution in [0.2, 0.25) is 0 Å². The van der Waals surface area contributed by atoms with E-state index in [-0.39, 0.29) is 18.6 Å². The zero-order valence-corrected chi connectivity index (χ0v) is 8.21. The molecule has 2 rings (SSSR count). The first-order chi connectivity index (χ1) is 6.32. The zero-order valence-electron chi connectivity index (χ0n) is 8.21. The van der Waals surface area contributed by atoms with Crippen molar-refractivity contribution in [1.82, 2.24) is 0 Å². The minimum atomic E-state index is -0.0813. The first kappa shape index (κ1) is 9.47. The van der Waals surface area contributed by atoms with Crippen LogP contribution in [0.4, 0.5) is 0 Å². The molecule has 13 heavy (non-hydrogen) atoms. The molecule has 0 heterocycles. The van der Waals surface area contributed by atoms with Crippen molar-refractivity contribution in [3.8, 4) is 0 Å². The second-order valence-corrected chi connectivity index (χ2v) is 4.89. The molecule has 2 heteroatoms. The lowest BCUT2D eigenvalue weighted by Crippen LogP contribution is -2.20. The lowest BCUT2D eigenvalue weighted by molar-refractivity contribution is 0.106. The summed E-state index contributed by atoms with van der Waals surface area (Å²) in [6, 6.07) is 0. The van der Waals surface area contributed by atoms with Crippen LogP contribution in [0.15, 0.2) is 0 Å². The third-order valence-electron chi connectivity index (χ3n) is 4.10. The molecule has 2 aliphatic carbocycles. The van der Waals surface area contributed by atoms with E-state index >= 15 is 0 Å². The first-order valence-electron chi connectivity index (χ1n) is 5.54. The normalized spacial score (nSPS) is 33.2. The van der Waals surface area contributed by atoms with Crippen LogP contribution in [0, 0.1) is 17.3 Å². The van der Waals surface area contributed by atoms with Gasteiger partial charge in [0.2, 0.25) is 0 Å². The summed E-state index contributed by atoms with van der Waals surface area (Å²) in [4.78, 5) is 0. The molecule has 0 aromatic heterocycles. The van der Waals surface area contributed by atoms with Gasteiger partial charge in [-0.3, -0.25) is 0 Å². The maximum atomic E-state index is 9.20. The molecule has 2 N–H and O–H groups in total. The van der Waals surface area contributed by atoms with E-state index in [1.165, 1.54) is 32.1 Å². The van der Waals surface area contributed by atoms with Crippen molar-refractivity contribution in [3.63, 3.8) is 0 Å². The molecule has 76 valence electrons. The van der Waals surface area contributed by atoms with E-state index in [1.807, 2.05) is 0 Å². The molecule has 0 spiro atoms. The Morgan fingerprint density at radius 1 is 1.00 bits per heavy atom. The Hall–Kier alpha value is -0.0800. The minimum Gasteiger partial charge on any atom is -0.396 e. The predicted octanol–water partition coefficient (Wildman–Crippen LogP) is 1.56. The van der Waals surface area contributed by atoms with Gasteiger partial charge in [-0.05, 0) is 18.3 Å². The summed E-state index contributed by atoms with van der Waals surface area (Å²) >= 11 is 0. The molecule has 2 aliphatic rings. The van der Waals surface area contributed by atoms with Gasteiger partial charge in [-0.1, -0.05) is 32.1 Å². The molecule has 0 amide bonds. The van der Waals surface area contributed by atoms with Gasteiger partial charge in [-0.15, -0.1) is 0 Å². The third kappa shape index (κ3) is 1.62. The molecular formula is C11H20O2. The topological polar surface area (TPSA) is 40.5 Å². The van der Waals surface area contributed by atoms with Crippen molar-refractivity contribution < 1.29 is 10.2 Å². The van der Waals surface area contributed by atoms with Crippen molar-refractivity contribution in [2.45, 2.75) is 38.5 Å². The largest absolute Gasteiger partial charge is 0.396 e. The molecule has 0 aromatic carbocycles. The van der Waals surface area contributed by atoms with E-state index in [4.69, 9.17) is 0 Å². The van der Waals surface area contributed by atoms with Crippen LogP contribution < -0.4 is 0 Å². The Kier molecular flexibility index (Phi) is 2.61. The lowest BCUT2D eigenvalue weighted by Gasteiger charge is -2.24. The summed E-state index contributed by atoms with van der Waals surface area (Å²) in [5.41, 5.74) is -0.0813. The van der Waals surface area contributed by atoms with Gasteiger partial charge in [0.15, 0.2) is 0 Å². The van der Waals surface area contributed by atoms with Crippen LogP contribution in [0.5, 0.6) is 0 Å². The number of hydrogen-bond acceptors (Lipinski definition) is 2. The highest BCUT2D eigenvalue weighted by Gasteiger charge is 2.56. The molecule has 0 bridgehead atoms. The average molecular weight is 184 g/mol. The quantitative estimate of drug-likeness (QED) is 0.698. The molecule has 0 aliphatic heterocycles. The number of hydrogen-bond donors (Lipinski definition) is 2.